The Morgan fingerprint density at radius 2 is 1.92 bits per heavy atom. The number of hydrogen-bond acceptors (Lipinski definition) is 7. The Kier molecular flexibility index (Phi) is 7.06. The van der Waals surface area contributed by atoms with Crippen molar-refractivity contribution in [2.75, 3.05) is 11.5 Å². The van der Waals surface area contributed by atoms with Gasteiger partial charge in [-0.25, -0.2) is 0 Å². The molecule has 2 N–H and O–H groups in total. The second-order valence-electron chi connectivity index (χ2n) is 2.28. The van der Waals surface area contributed by atoms with E-state index < -0.39 is 23.6 Å². The van der Waals surface area contributed by atoms with E-state index in [0.717, 1.165) is 0 Å². The molecule has 0 saturated carbocycles. The van der Waals surface area contributed by atoms with Crippen molar-refractivity contribution in [3.8, 4) is 0 Å². The Labute approximate surface area is 92.9 Å². The van der Waals surface area contributed by atoms with E-state index in [-0.39, 0.29) is 11.5 Å². The van der Waals surface area contributed by atoms with Crippen LogP contribution in [0, 0.1) is 0 Å². The summed E-state index contributed by atoms with van der Waals surface area (Å²) in [7, 11) is 0. The fraction of sp³-hybridized carbons (Fsp3) is 0.833. The van der Waals surface area contributed by atoms with Crippen LogP contribution in [0.3, 0.4) is 0 Å². The Hall–Kier alpha value is 0.440. The lowest BCUT2D eigenvalue weighted by atomic mass is 10.2. The first-order chi connectivity index (χ1) is 6.02. The molecule has 0 fully saturated rings. The van der Waals surface area contributed by atoms with Crippen LogP contribution < -0.4 is 0 Å². The number of carbonyl (C=O) groups excluding carboxylic acids is 1. The first-order valence-corrected chi connectivity index (χ1v) is 5.26. The lowest BCUT2D eigenvalue weighted by Crippen LogP contribution is -2.38. The van der Waals surface area contributed by atoms with E-state index in [1.165, 1.54) is 0 Å². The van der Waals surface area contributed by atoms with Crippen LogP contribution >= 0.6 is 37.9 Å². The molecule has 0 radical (unpaired) electrons. The molecule has 13 heavy (non-hydrogen) atoms. The highest BCUT2D eigenvalue weighted by Gasteiger charge is 2.25. The third-order valence-electron chi connectivity index (χ3n) is 1.25. The minimum Gasteiger partial charge on any atom is -0.448 e. The second kappa shape index (κ2) is 6.83. The highest BCUT2D eigenvalue weighted by molar-refractivity contribution is 7.81. The molecule has 4 nitrogen and oxygen atoms in total. The monoisotopic (exact) mass is 244 g/mol. The molecule has 7 heteroatoms. The van der Waals surface area contributed by atoms with Crippen LogP contribution in [-0.2, 0) is 9.53 Å². The fourth-order valence-corrected chi connectivity index (χ4v) is 1.15. The summed E-state index contributed by atoms with van der Waals surface area (Å²) in [5.41, 5.74) is -1.05. The Morgan fingerprint density at radius 3 is 2.31 bits per heavy atom. The largest absolute Gasteiger partial charge is 0.448 e. The van der Waals surface area contributed by atoms with Crippen LogP contribution in [0.4, 0.5) is 0 Å². The van der Waals surface area contributed by atoms with Crippen molar-refractivity contribution in [3.63, 3.8) is 0 Å². The number of aliphatic hydroxyl groups excluding tert-OH is 2. The molecule has 0 saturated heterocycles. The van der Waals surface area contributed by atoms with Crippen molar-refractivity contribution >= 4 is 43.9 Å². The zero-order chi connectivity index (χ0) is 10.4. The molecule has 0 rings (SSSR count). The summed E-state index contributed by atoms with van der Waals surface area (Å²) in [5.74, 6) is -0.633. The molecule has 0 amide bonds. The predicted molar refractivity (Wildman–Crippen MR) is 58.6 cm³/mol. The lowest BCUT2D eigenvalue weighted by Gasteiger charge is -2.21. The van der Waals surface area contributed by atoms with Gasteiger partial charge in [0.1, 0.15) is 6.10 Å². The molecule has 0 aromatic heterocycles. The number of thiol groups is 3. The van der Waals surface area contributed by atoms with E-state index >= 15 is 0 Å². The minimum atomic E-state index is -1.25. The average molecular weight is 244 g/mol. The van der Waals surface area contributed by atoms with E-state index in [9.17, 15) is 9.90 Å². The molecule has 1 unspecified atom stereocenters. The van der Waals surface area contributed by atoms with Crippen molar-refractivity contribution in [2.24, 2.45) is 0 Å². The fourth-order valence-electron chi connectivity index (χ4n) is 0.540. The van der Waals surface area contributed by atoms with Gasteiger partial charge in [0.2, 0.25) is 0 Å². The molecule has 0 aromatic carbocycles. The SMILES string of the molecule is O=C(CS)OC(S)[C@@H](O)[C@H](O)CS. The van der Waals surface area contributed by atoms with Gasteiger partial charge in [-0.1, -0.05) is 0 Å². The average Bonchev–Trinajstić information content (AvgIpc) is 2.14. The van der Waals surface area contributed by atoms with Crippen molar-refractivity contribution < 1.29 is 19.7 Å². The van der Waals surface area contributed by atoms with E-state index in [2.05, 4.69) is 42.6 Å². The number of aliphatic hydroxyl groups is 2. The quantitative estimate of drug-likeness (QED) is 0.254. The Morgan fingerprint density at radius 1 is 1.38 bits per heavy atom. The van der Waals surface area contributed by atoms with E-state index in [1.807, 2.05) is 0 Å². The maximum Gasteiger partial charge on any atom is 0.316 e. The van der Waals surface area contributed by atoms with Gasteiger partial charge in [-0.3, -0.25) is 4.79 Å². The maximum absolute atomic E-state index is 10.7. The van der Waals surface area contributed by atoms with Crippen LogP contribution in [-0.4, -0.2) is 45.3 Å². The molecule has 0 aromatic rings. The molecule has 0 aliphatic heterocycles. The van der Waals surface area contributed by atoms with Gasteiger partial charge in [-0.05, 0) is 0 Å². The number of rotatable bonds is 5. The first-order valence-electron chi connectivity index (χ1n) is 3.48. The molecule has 0 spiro atoms. The number of hydrogen-bond donors (Lipinski definition) is 5. The summed E-state index contributed by atoms with van der Waals surface area (Å²) in [5, 5.41) is 18.3. The van der Waals surface area contributed by atoms with Crippen molar-refractivity contribution in [2.45, 2.75) is 17.6 Å². The maximum atomic E-state index is 10.7. The minimum absolute atomic E-state index is 0.0661. The summed E-state index contributed by atoms with van der Waals surface area (Å²) >= 11 is 11.2. The van der Waals surface area contributed by atoms with Gasteiger partial charge in [-0.15, -0.1) is 12.6 Å². The van der Waals surface area contributed by atoms with Crippen LogP contribution in [0.1, 0.15) is 0 Å². The molecule has 78 valence electrons. The van der Waals surface area contributed by atoms with Gasteiger partial charge < -0.3 is 14.9 Å². The summed E-state index contributed by atoms with van der Waals surface area (Å²) in [6.45, 7) is 0. The van der Waals surface area contributed by atoms with Crippen molar-refractivity contribution in [1.29, 1.82) is 0 Å². The number of carbonyl (C=O) groups is 1. The predicted octanol–water partition coefficient (Wildman–Crippen LogP) is -0.633. The van der Waals surface area contributed by atoms with Gasteiger partial charge >= 0.3 is 5.97 Å². The normalized spacial score (nSPS) is 17.6. The summed E-state index contributed by atoms with van der Waals surface area (Å²) in [6.07, 6.45) is -2.32. The summed E-state index contributed by atoms with van der Waals surface area (Å²) in [4.78, 5) is 10.7. The van der Waals surface area contributed by atoms with Crippen molar-refractivity contribution in [3.05, 3.63) is 0 Å². The Balaban J connectivity index is 3.95. The molecular weight excluding hydrogens is 232 g/mol. The van der Waals surface area contributed by atoms with E-state index in [0.29, 0.717) is 0 Å². The van der Waals surface area contributed by atoms with Gasteiger partial charge in [0.05, 0.1) is 11.9 Å². The second-order valence-corrected chi connectivity index (χ2v) is 3.47. The van der Waals surface area contributed by atoms with Crippen molar-refractivity contribution in [1.82, 2.24) is 0 Å². The zero-order valence-electron chi connectivity index (χ0n) is 6.70. The molecular formula is C6H12O4S3. The molecule has 3 atom stereocenters. The van der Waals surface area contributed by atoms with Crippen LogP contribution in [0.15, 0.2) is 0 Å². The molecule has 0 bridgehead atoms. The highest BCUT2D eigenvalue weighted by atomic mass is 32.1. The van der Waals surface area contributed by atoms with Gasteiger partial charge in [-0.2, -0.15) is 25.3 Å². The van der Waals surface area contributed by atoms with E-state index in [1.54, 1.807) is 0 Å². The molecule has 0 heterocycles. The number of esters is 1. The van der Waals surface area contributed by atoms with Crippen LogP contribution in [0.5, 0.6) is 0 Å². The Bertz CT molecular complexity index is 166. The van der Waals surface area contributed by atoms with Gasteiger partial charge in [0.25, 0.3) is 0 Å². The topological polar surface area (TPSA) is 66.8 Å². The standard InChI is InChI=1S/C6H12O4S3/c7-3(1-11)5(9)6(13)10-4(8)2-12/h3,5-7,9,11-13H,1-2H2/t3-,5+,6?/m1/s1. The molecule has 0 aliphatic carbocycles. The molecule has 0 aliphatic rings. The number of ether oxygens (including phenoxy) is 1. The third-order valence-corrected chi connectivity index (χ3v) is 2.30. The van der Waals surface area contributed by atoms with Gasteiger partial charge in [0.15, 0.2) is 5.44 Å². The van der Waals surface area contributed by atoms with Crippen LogP contribution in [0.2, 0.25) is 0 Å². The summed E-state index contributed by atoms with van der Waals surface area (Å²) < 4.78 is 4.59. The lowest BCUT2D eigenvalue weighted by molar-refractivity contribution is -0.147. The van der Waals surface area contributed by atoms with E-state index in [4.69, 9.17) is 5.11 Å². The first kappa shape index (κ1) is 13.4. The summed E-state index contributed by atoms with van der Waals surface area (Å²) in [6, 6.07) is 0. The highest BCUT2D eigenvalue weighted by Crippen LogP contribution is 2.10. The zero-order valence-corrected chi connectivity index (χ0v) is 9.38. The smallest absolute Gasteiger partial charge is 0.316 e. The van der Waals surface area contributed by atoms with Gasteiger partial charge in [0, 0.05) is 5.75 Å². The third kappa shape index (κ3) is 5.02. The van der Waals surface area contributed by atoms with Crippen LogP contribution in [0.25, 0.3) is 0 Å².